The van der Waals surface area contributed by atoms with Crippen molar-refractivity contribution in [1.29, 1.82) is 0 Å². The molecule has 1 aromatic carbocycles. The second kappa shape index (κ2) is 8.26. The highest BCUT2D eigenvalue weighted by Gasteiger charge is 2.27. The van der Waals surface area contributed by atoms with Crippen LogP contribution in [0, 0.1) is 0 Å². The van der Waals surface area contributed by atoms with E-state index >= 15 is 0 Å². The fraction of sp³-hybridized carbons (Fsp3) is 0.526. The summed E-state index contributed by atoms with van der Waals surface area (Å²) in [6.07, 6.45) is -0.734. The summed E-state index contributed by atoms with van der Waals surface area (Å²) in [5.41, 5.74) is 0.789. The van der Waals surface area contributed by atoms with E-state index in [4.69, 9.17) is 28.4 Å². The lowest BCUT2D eigenvalue weighted by atomic mass is 10.0. The SMILES string of the molecule is O=C(Cc1cc(C(=O)OC2COC2)cc(C(=O)OC2COC2)c1)OCC1CO1. The number of carbonyl (C=O) groups is 3. The Morgan fingerprint density at radius 2 is 1.39 bits per heavy atom. The molecule has 0 aromatic heterocycles. The first-order chi connectivity index (χ1) is 13.6. The second-order valence-electron chi connectivity index (χ2n) is 6.86. The standard InChI is InChI=1S/C19H20O9/c20-17(26-10-14-9-25-14)3-11-1-12(18(21)27-15-5-23-6-15)4-13(2-11)19(22)28-16-7-24-8-16/h1-2,4,14-16H,3,5-10H2. The quantitative estimate of drug-likeness (QED) is 0.350. The van der Waals surface area contributed by atoms with E-state index in [0.717, 1.165) is 0 Å². The van der Waals surface area contributed by atoms with Crippen LogP contribution in [0.5, 0.6) is 0 Å². The first-order valence-electron chi connectivity index (χ1n) is 9.05. The molecule has 4 rings (SSSR count). The predicted molar refractivity (Wildman–Crippen MR) is 90.9 cm³/mol. The average molecular weight is 392 g/mol. The molecule has 28 heavy (non-hydrogen) atoms. The van der Waals surface area contributed by atoms with Crippen molar-refractivity contribution in [2.45, 2.75) is 24.7 Å². The third-order valence-electron chi connectivity index (χ3n) is 4.41. The van der Waals surface area contributed by atoms with Crippen molar-refractivity contribution in [2.24, 2.45) is 0 Å². The third kappa shape index (κ3) is 4.86. The Balaban J connectivity index is 1.47. The predicted octanol–water partition coefficient (Wildman–Crippen LogP) is 0.282. The molecule has 3 saturated heterocycles. The van der Waals surface area contributed by atoms with Crippen LogP contribution in [0.2, 0.25) is 0 Å². The van der Waals surface area contributed by atoms with E-state index in [1.807, 2.05) is 0 Å². The van der Waals surface area contributed by atoms with Crippen molar-refractivity contribution in [3.8, 4) is 0 Å². The monoisotopic (exact) mass is 392 g/mol. The van der Waals surface area contributed by atoms with Gasteiger partial charge in [-0.25, -0.2) is 9.59 Å². The highest BCUT2D eigenvalue weighted by Crippen LogP contribution is 2.18. The van der Waals surface area contributed by atoms with Gasteiger partial charge in [0.25, 0.3) is 0 Å². The molecule has 3 heterocycles. The van der Waals surface area contributed by atoms with Gasteiger partial charge in [-0.05, 0) is 23.8 Å². The molecule has 0 saturated carbocycles. The minimum absolute atomic E-state index is 0.0369. The third-order valence-corrected chi connectivity index (χ3v) is 4.41. The fourth-order valence-electron chi connectivity index (χ4n) is 2.60. The number of hydrogen-bond donors (Lipinski definition) is 0. The van der Waals surface area contributed by atoms with E-state index in [-0.39, 0.29) is 42.5 Å². The van der Waals surface area contributed by atoms with Crippen LogP contribution in [0.15, 0.2) is 18.2 Å². The Morgan fingerprint density at radius 3 is 1.82 bits per heavy atom. The van der Waals surface area contributed by atoms with E-state index in [1.54, 1.807) is 0 Å². The number of esters is 3. The smallest absolute Gasteiger partial charge is 0.338 e. The molecule has 0 bridgehead atoms. The van der Waals surface area contributed by atoms with E-state index in [9.17, 15) is 14.4 Å². The highest BCUT2D eigenvalue weighted by molar-refractivity contribution is 5.96. The van der Waals surface area contributed by atoms with Crippen molar-refractivity contribution in [3.63, 3.8) is 0 Å². The maximum Gasteiger partial charge on any atom is 0.338 e. The lowest BCUT2D eigenvalue weighted by molar-refractivity contribution is -0.143. The first kappa shape index (κ1) is 18.9. The second-order valence-corrected chi connectivity index (χ2v) is 6.86. The molecule has 1 unspecified atom stereocenters. The van der Waals surface area contributed by atoms with E-state index in [2.05, 4.69) is 0 Å². The summed E-state index contributed by atoms with van der Waals surface area (Å²) in [5, 5.41) is 0. The van der Waals surface area contributed by atoms with Gasteiger partial charge < -0.3 is 28.4 Å². The van der Waals surface area contributed by atoms with Crippen molar-refractivity contribution >= 4 is 17.9 Å². The van der Waals surface area contributed by atoms with Gasteiger partial charge in [0.05, 0.1) is 50.6 Å². The minimum atomic E-state index is -0.587. The lowest BCUT2D eigenvalue weighted by Gasteiger charge is -2.26. The van der Waals surface area contributed by atoms with Gasteiger partial charge in [0.2, 0.25) is 0 Å². The van der Waals surface area contributed by atoms with Gasteiger partial charge in [0, 0.05) is 0 Å². The average Bonchev–Trinajstić information content (AvgIpc) is 3.43. The summed E-state index contributed by atoms with van der Waals surface area (Å²) in [6, 6.07) is 4.43. The van der Waals surface area contributed by atoms with Crippen LogP contribution >= 0.6 is 0 Å². The molecule has 1 atom stereocenters. The fourth-order valence-corrected chi connectivity index (χ4v) is 2.60. The molecule has 3 fully saturated rings. The number of carbonyl (C=O) groups excluding carboxylic acids is 3. The van der Waals surface area contributed by atoms with Gasteiger partial charge in [-0.1, -0.05) is 0 Å². The maximum atomic E-state index is 12.4. The Hall–Kier alpha value is -2.49. The molecule has 9 heteroatoms. The van der Waals surface area contributed by atoms with Crippen molar-refractivity contribution in [1.82, 2.24) is 0 Å². The van der Waals surface area contributed by atoms with Crippen LogP contribution < -0.4 is 0 Å². The van der Waals surface area contributed by atoms with Gasteiger partial charge >= 0.3 is 17.9 Å². The molecule has 3 aliphatic rings. The Labute approximate surface area is 160 Å². The van der Waals surface area contributed by atoms with Crippen LogP contribution in [0.25, 0.3) is 0 Å². The van der Waals surface area contributed by atoms with Gasteiger partial charge in [-0.3, -0.25) is 4.79 Å². The molecule has 1 aromatic rings. The molecular formula is C19H20O9. The van der Waals surface area contributed by atoms with Crippen LogP contribution in [0.4, 0.5) is 0 Å². The number of rotatable bonds is 8. The summed E-state index contributed by atoms with van der Waals surface area (Å²) in [4.78, 5) is 36.8. The molecule has 0 N–H and O–H groups in total. The summed E-state index contributed by atoms with van der Waals surface area (Å²) in [5.74, 6) is -1.65. The van der Waals surface area contributed by atoms with Crippen LogP contribution in [-0.2, 0) is 39.6 Å². The zero-order valence-electron chi connectivity index (χ0n) is 15.1. The molecule has 9 nitrogen and oxygen atoms in total. The van der Waals surface area contributed by atoms with E-state index in [0.29, 0.717) is 38.6 Å². The van der Waals surface area contributed by atoms with Gasteiger partial charge in [0.1, 0.15) is 24.9 Å². The summed E-state index contributed by atoms with van der Waals surface area (Å²) in [7, 11) is 0. The summed E-state index contributed by atoms with van der Waals surface area (Å²) in [6.45, 7) is 2.16. The Bertz CT molecular complexity index is 716. The Kier molecular flexibility index (Phi) is 5.56. The minimum Gasteiger partial charge on any atom is -0.463 e. The highest BCUT2D eigenvalue weighted by atomic mass is 16.6. The molecule has 3 aliphatic heterocycles. The van der Waals surface area contributed by atoms with Crippen molar-refractivity contribution < 1.29 is 42.8 Å². The van der Waals surface area contributed by atoms with Crippen molar-refractivity contribution in [3.05, 3.63) is 34.9 Å². The number of ether oxygens (including phenoxy) is 6. The van der Waals surface area contributed by atoms with Crippen LogP contribution in [0.3, 0.4) is 0 Å². The van der Waals surface area contributed by atoms with Crippen molar-refractivity contribution in [2.75, 3.05) is 39.6 Å². The summed E-state index contributed by atoms with van der Waals surface area (Å²) < 4.78 is 30.7. The Morgan fingerprint density at radius 1 is 0.857 bits per heavy atom. The number of hydrogen-bond acceptors (Lipinski definition) is 9. The van der Waals surface area contributed by atoms with Gasteiger partial charge in [-0.15, -0.1) is 0 Å². The molecule has 0 radical (unpaired) electrons. The molecule has 0 aliphatic carbocycles. The topological polar surface area (TPSA) is 110 Å². The first-order valence-corrected chi connectivity index (χ1v) is 9.05. The summed E-state index contributed by atoms with van der Waals surface area (Å²) >= 11 is 0. The van der Waals surface area contributed by atoms with Gasteiger partial charge in [0.15, 0.2) is 0 Å². The van der Waals surface area contributed by atoms with Crippen LogP contribution in [-0.4, -0.2) is 75.9 Å². The van der Waals surface area contributed by atoms with Crippen LogP contribution in [0.1, 0.15) is 26.3 Å². The largest absolute Gasteiger partial charge is 0.463 e. The normalized spacial score (nSPS) is 21.2. The van der Waals surface area contributed by atoms with Gasteiger partial charge in [-0.2, -0.15) is 0 Å². The number of benzene rings is 1. The van der Waals surface area contributed by atoms with E-state index < -0.39 is 17.9 Å². The molecule has 0 amide bonds. The molecular weight excluding hydrogens is 372 g/mol. The van der Waals surface area contributed by atoms with E-state index in [1.165, 1.54) is 18.2 Å². The number of epoxide rings is 1. The molecule has 150 valence electrons. The zero-order chi connectivity index (χ0) is 19.5. The zero-order valence-corrected chi connectivity index (χ0v) is 15.1. The lowest BCUT2D eigenvalue weighted by Crippen LogP contribution is -2.38. The molecule has 0 spiro atoms. The maximum absolute atomic E-state index is 12.4.